The Morgan fingerprint density at radius 2 is 1.07 bits per heavy atom. The number of rotatable bonds is 4. The van der Waals surface area contributed by atoms with Crippen molar-refractivity contribution in [1.82, 2.24) is 9.80 Å². The summed E-state index contributed by atoms with van der Waals surface area (Å²) < 4.78 is 0. The van der Waals surface area contributed by atoms with E-state index in [1.54, 1.807) is 0 Å². The van der Waals surface area contributed by atoms with Crippen LogP contribution in [0.4, 0.5) is 11.4 Å². The number of hydrogen-bond acceptors (Lipinski definition) is 4. The van der Waals surface area contributed by atoms with Crippen molar-refractivity contribution in [3.8, 4) is 0 Å². The molecule has 0 atom stereocenters. The van der Waals surface area contributed by atoms with Gasteiger partial charge in [0.15, 0.2) is 0 Å². The number of para-hydroxylation sites is 2. The molecule has 2 aromatic rings. The first-order valence-corrected chi connectivity index (χ1v) is 9.90. The summed E-state index contributed by atoms with van der Waals surface area (Å²) in [6, 6.07) is 21.0. The van der Waals surface area contributed by atoms with E-state index < -0.39 is 0 Å². The van der Waals surface area contributed by atoms with Gasteiger partial charge in [-0.2, -0.15) is 0 Å². The molecule has 0 bridgehead atoms. The lowest BCUT2D eigenvalue weighted by Crippen LogP contribution is -2.54. The Morgan fingerprint density at radius 3 is 1.54 bits per heavy atom. The second-order valence-corrected chi connectivity index (χ2v) is 7.30. The van der Waals surface area contributed by atoms with Gasteiger partial charge in [-0.3, -0.25) is 9.69 Å². The van der Waals surface area contributed by atoms with Crippen molar-refractivity contribution in [3.63, 3.8) is 0 Å². The maximum absolute atomic E-state index is 12.7. The van der Waals surface area contributed by atoms with Gasteiger partial charge in [0.05, 0.1) is 6.54 Å². The van der Waals surface area contributed by atoms with E-state index in [2.05, 4.69) is 69.3 Å². The molecule has 2 saturated heterocycles. The minimum atomic E-state index is 0. The van der Waals surface area contributed by atoms with Crippen LogP contribution in [-0.2, 0) is 4.79 Å². The zero-order valence-corrected chi connectivity index (χ0v) is 17.1. The number of carbonyl (C=O) groups excluding carboxylic acids is 1. The van der Waals surface area contributed by atoms with Gasteiger partial charge in [-0.05, 0) is 24.3 Å². The lowest BCUT2D eigenvalue weighted by Gasteiger charge is -2.39. The van der Waals surface area contributed by atoms with E-state index in [1.165, 1.54) is 11.4 Å². The van der Waals surface area contributed by atoms with Gasteiger partial charge in [-0.1, -0.05) is 36.4 Å². The SMILES string of the molecule is Cl.O=C(CN1CCN(c2ccccc2)CC1)N1CCN(c2ccccc2)CC1. The predicted molar refractivity (Wildman–Crippen MR) is 118 cm³/mol. The Bertz CT molecular complexity index is 727. The van der Waals surface area contributed by atoms with Crippen LogP contribution in [0, 0.1) is 0 Å². The highest BCUT2D eigenvalue weighted by Gasteiger charge is 2.24. The molecule has 0 radical (unpaired) electrons. The first kappa shape index (κ1) is 20.5. The van der Waals surface area contributed by atoms with Crippen molar-refractivity contribution in [2.24, 2.45) is 0 Å². The van der Waals surface area contributed by atoms with Gasteiger partial charge in [0.2, 0.25) is 5.91 Å². The zero-order chi connectivity index (χ0) is 18.5. The maximum atomic E-state index is 12.7. The second kappa shape index (κ2) is 9.80. The van der Waals surface area contributed by atoms with Gasteiger partial charge >= 0.3 is 0 Å². The molecule has 2 heterocycles. The van der Waals surface area contributed by atoms with Gasteiger partial charge in [0.25, 0.3) is 0 Å². The Morgan fingerprint density at radius 1 is 0.643 bits per heavy atom. The van der Waals surface area contributed by atoms with Crippen molar-refractivity contribution in [3.05, 3.63) is 60.7 Å². The van der Waals surface area contributed by atoms with E-state index in [9.17, 15) is 4.79 Å². The van der Waals surface area contributed by atoms with E-state index in [-0.39, 0.29) is 18.3 Å². The third kappa shape index (κ3) is 4.97. The lowest BCUT2D eigenvalue weighted by atomic mass is 10.2. The highest BCUT2D eigenvalue weighted by molar-refractivity contribution is 5.85. The molecule has 0 N–H and O–H groups in total. The molecule has 4 rings (SSSR count). The smallest absolute Gasteiger partial charge is 0.236 e. The lowest BCUT2D eigenvalue weighted by molar-refractivity contribution is -0.132. The standard InChI is InChI=1S/C22H28N4O.ClH/c27-22(26-17-15-25(16-18-26)21-9-5-2-6-10-21)19-23-11-13-24(14-12-23)20-7-3-1-4-8-20;/h1-10H,11-19H2;1H. The molecule has 2 aromatic carbocycles. The number of carbonyl (C=O) groups is 1. The van der Waals surface area contributed by atoms with Crippen molar-refractivity contribution in [2.45, 2.75) is 0 Å². The summed E-state index contributed by atoms with van der Waals surface area (Å²) >= 11 is 0. The van der Waals surface area contributed by atoms with Gasteiger partial charge in [0.1, 0.15) is 0 Å². The second-order valence-electron chi connectivity index (χ2n) is 7.30. The fraction of sp³-hybridized carbons (Fsp3) is 0.409. The topological polar surface area (TPSA) is 30.0 Å². The molecular weight excluding hydrogens is 372 g/mol. The summed E-state index contributed by atoms with van der Waals surface area (Å²) in [5.74, 6) is 0.274. The number of halogens is 1. The van der Waals surface area contributed by atoms with Crippen LogP contribution >= 0.6 is 12.4 Å². The Balaban J connectivity index is 0.00000225. The van der Waals surface area contributed by atoms with Crippen LogP contribution in [0.25, 0.3) is 0 Å². The highest BCUT2D eigenvalue weighted by atomic mass is 35.5. The largest absolute Gasteiger partial charge is 0.369 e. The van der Waals surface area contributed by atoms with Crippen LogP contribution in [0.5, 0.6) is 0 Å². The molecule has 0 unspecified atom stereocenters. The third-order valence-corrected chi connectivity index (χ3v) is 5.61. The Kier molecular flexibility index (Phi) is 7.18. The van der Waals surface area contributed by atoms with Crippen molar-refractivity contribution < 1.29 is 4.79 Å². The summed E-state index contributed by atoms with van der Waals surface area (Å²) in [6.07, 6.45) is 0. The molecule has 0 aliphatic carbocycles. The highest BCUT2D eigenvalue weighted by Crippen LogP contribution is 2.17. The fourth-order valence-electron chi connectivity index (χ4n) is 3.95. The Hall–Kier alpha value is -2.24. The number of piperazine rings is 2. The van der Waals surface area contributed by atoms with E-state index in [0.29, 0.717) is 6.54 Å². The number of anilines is 2. The minimum absolute atomic E-state index is 0. The molecule has 2 aliphatic heterocycles. The maximum Gasteiger partial charge on any atom is 0.236 e. The molecule has 150 valence electrons. The number of hydrogen-bond donors (Lipinski definition) is 0. The van der Waals surface area contributed by atoms with E-state index in [0.717, 1.165) is 52.4 Å². The van der Waals surface area contributed by atoms with Crippen LogP contribution in [0.3, 0.4) is 0 Å². The molecule has 5 nitrogen and oxygen atoms in total. The summed E-state index contributed by atoms with van der Waals surface area (Å²) in [4.78, 5) is 21.8. The first-order valence-electron chi connectivity index (χ1n) is 9.90. The van der Waals surface area contributed by atoms with Crippen LogP contribution in [0.15, 0.2) is 60.7 Å². The zero-order valence-electron chi connectivity index (χ0n) is 16.2. The summed E-state index contributed by atoms with van der Waals surface area (Å²) in [7, 11) is 0. The van der Waals surface area contributed by atoms with Crippen molar-refractivity contribution in [1.29, 1.82) is 0 Å². The van der Waals surface area contributed by atoms with Crippen molar-refractivity contribution >= 4 is 29.7 Å². The van der Waals surface area contributed by atoms with E-state index >= 15 is 0 Å². The van der Waals surface area contributed by atoms with Crippen molar-refractivity contribution in [2.75, 3.05) is 68.7 Å². The van der Waals surface area contributed by atoms with Gasteiger partial charge < -0.3 is 14.7 Å². The molecule has 0 aromatic heterocycles. The molecule has 0 spiro atoms. The molecule has 1 amide bonds. The molecule has 6 heteroatoms. The predicted octanol–water partition coefficient (Wildman–Crippen LogP) is 2.58. The average molecular weight is 401 g/mol. The van der Waals surface area contributed by atoms with Gasteiger partial charge in [-0.15, -0.1) is 12.4 Å². The minimum Gasteiger partial charge on any atom is -0.369 e. The molecule has 28 heavy (non-hydrogen) atoms. The third-order valence-electron chi connectivity index (χ3n) is 5.61. The first-order chi connectivity index (χ1) is 13.3. The Labute approximate surface area is 173 Å². The number of amides is 1. The monoisotopic (exact) mass is 400 g/mol. The fourth-order valence-corrected chi connectivity index (χ4v) is 3.95. The van der Waals surface area contributed by atoms with Crippen LogP contribution in [-0.4, -0.2) is 74.6 Å². The number of nitrogens with zero attached hydrogens (tertiary/aromatic N) is 4. The molecule has 0 saturated carbocycles. The molecular formula is C22H29ClN4O. The van der Waals surface area contributed by atoms with Gasteiger partial charge in [0, 0.05) is 63.7 Å². The molecule has 2 aliphatic rings. The average Bonchev–Trinajstić information content (AvgIpc) is 2.76. The van der Waals surface area contributed by atoms with E-state index in [1.807, 2.05) is 11.0 Å². The van der Waals surface area contributed by atoms with Crippen LogP contribution in [0.1, 0.15) is 0 Å². The summed E-state index contributed by atoms with van der Waals surface area (Å²) in [5.41, 5.74) is 2.53. The van der Waals surface area contributed by atoms with Gasteiger partial charge in [-0.25, -0.2) is 0 Å². The summed E-state index contributed by atoms with van der Waals surface area (Å²) in [5, 5.41) is 0. The van der Waals surface area contributed by atoms with Crippen LogP contribution < -0.4 is 9.80 Å². The number of benzene rings is 2. The normalized spacial score (nSPS) is 17.9. The quantitative estimate of drug-likeness (QED) is 0.789. The summed E-state index contributed by atoms with van der Waals surface area (Å²) in [6.45, 7) is 7.88. The van der Waals surface area contributed by atoms with E-state index in [4.69, 9.17) is 0 Å². The molecule has 2 fully saturated rings. The van der Waals surface area contributed by atoms with Crippen LogP contribution in [0.2, 0.25) is 0 Å².